The van der Waals surface area contributed by atoms with Crippen molar-refractivity contribution < 1.29 is 9.21 Å². The maximum atomic E-state index is 12.2. The van der Waals surface area contributed by atoms with Gasteiger partial charge in [-0.25, -0.2) is 0 Å². The minimum absolute atomic E-state index is 0.201. The van der Waals surface area contributed by atoms with Crippen molar-refractivity contribution in [2.75, 3.05) is 7.05 Å². The molecule has 0 aliphatic heterocycles. The topological polar surface area (TPSA) is 51.3 Å². The molecule has 1 amide bonds. The number of rotatable bonds is 4. The predicted molar refractivity (Wildman–Crippen MR) is 67.4 cm³/mol. The Hall–Kier alpha value is -1.75. The monoisotopic (exact) mass is 267 g/mol. The van der Waals surface area contributed by atoms with E-state index in [0.29, 0.717) is 18.1 Å². The van der Waals surface area contributed by atoms with Gasteiger partial charge in [-0.05, 0) is 13.0 Å². The van der Waals surface area contributed by atoms with Crippen LogP contribution in [-0.4, -0.2) is 27.6 Å². The third-order valence-corrected chi connectivity index (χ3v) is 2.87. The van der Waals surface area contributed by atoms with Gasteiger partial charge in [-0.3, -0.25) is 9.48 Å². The summed E-state index contributed by atoms with van der Waals surface area (Å²) in [6.45, 7) is 3.08. The van der Waals surface area contributed by atoms with Gasteiger partial charge in [0.2, 0.25) is 0 Å². The first-order valence-electron chi connectivity index (χ1n) is 5.61. The van der Waals surface area contributed by atoms with Gasteiger partial charge in [0.1, 0.15) is 0 Å². The molecule has 0 saturated heterocycles. The highest BCUT2D eigenvalue weighted by Gasteiger charge is 2.19. The molecular weight excluding hydrogens is 254 g/mol. The van der Waals surface area contributed by atoms with Crippen molar-refractivity contribution in [2.24, 2.45) is 0 Å². The highest BCUT2D eigenvalue weighted by molar-refractivity contribution is 6.33. The maximum absolute atomic E-state index is 12.2. The second-order valence-electron chi connectivity index (χ2n) is 3.97. The summed E-state index contributed by atoms with van der Waals surface area (Å²) in [4.78, 5) is 13.7. The first kappa shape index (κ1) is 12.7. The van der Waals surface area contributed by atoms with Gasteiger partial charge in [-0.2, -0.15) is 5.10 Å². The Balaban J connectivity index is 2.12. The molecule has 0 bridgehead atoms. The number of aryl methyl sites for hydroxylation is 1. The van der Waals surface area contributed by atoms with Gasteiger partial charge in [0.25, 0.3) is 5.91 Å². The van der Waals surface area contributed by atoms with Crippen LogP contribution in [0.5, 0.6) is 0 Å². The number of amides is 1. The molecule has 0 fully saturated rings. The molecule has 96 valence electrons. The molecule has 2 rings (SSSR count). The van der Waals surface area contributed by atoms with Gasteiger partial charge < -0.3 is 9.32 Å². The lowest BCUT2D eigenvalue weighted by molar-refractivity contribution is 0.0778. The Bertz CT molecular complexity index is 534. The highest BCUT2D eigenvalue weighted by Crippen LogP contribution is 2.16. The van der Waals surface area contributed by atoms with E-state index in [-0.39, 0.29) is 11.6 Å². The molecule has 0 aliphatic carbocycles. The number of halogens is 1. The second-order valence-corrected chi connectivity index (χ2v) is 4.38. The third kappa shape index (κ3) is 2.56. The van der Waals surface area contributed by atoms with Gasteiger partial charge in [0, 0.05) is 31.9 Å². The lowest BCUT2D eigenvalue weighted by Crippen LogP contribution is -2.26. The summed E-state index contributed by atoms with van der Waals surface area (Å²) in [6.07, 6.45) is 4.84. The summed E-state index contributed by atoms with van der Waals surface area (Å²) in [5.41, 5.74) is 1.21. The highest BCUT2D eigenvalue weighted by atomic mass is 35.5. The molecule has 0 saturated carbocycles. The fourth-order valence-electron chi connectivity index (χ4n) is 1.61. The SMILES string of the molecule is CCn1cc(Cl)c(C(=O)N(C)Cc2ccoc2)n1. The summed E-state index contributed by atoms with van der Waals surface area (Å²) in [7, 11) is 1.70. The molecule has 5 nitrogen and oxygen atoms in total. The van der Waals surface area contributed by atoms with E-state index >= 15 is 0 Å². The molecule has 0 spiro atoms. The zero-order valence-corrected chi connectivity index (χ0v) is 11.0. The van der Waals surface area contributed by atoms with Crippen molar-refractivity contribution in [1.29, 1.82) is 0 Å². The largest absolute Gasteiger partial charge is 0.472 e. The smallest absolute Gasteiger partial charge is 0.275 e. The molecule has 0 unspecified atom stereocenters. The van der Waals surface area contributed by atoms with Crippen LogP contribution in [0.3, 0.4) is 0 Å². The number of carbonyl (C=O) groups is 1. The quantitative estimate of drug-likeness (QED) is 0.855. The van der Waals surface area contributed by atoms with Crippen molar-refractivity contribution in [2.45, 2.75) is 20.0 Å². The molecular formula is C12H14ClN3O2. The van der Waals surface area contributed by atoms with Crippen LogP contribution in [0.15, 0.2) is 29.2 Å². The first-order valence-corrected chi connectivity index (χ1v) is 5.99. The average Bonchev–Trinajstić information content (AvgIpc) is 2.97. The van der Waals surface area contributed by atoms with Crippen molar-refractivity contribution in [3.8, 4) is 0 Å². The number of hydrogen-bond donors (Lipinski definition) is 0. The third-order valence-electron chi connectivity index (χ3n) is 2.59. The Morgan fingerprint density at radius 2 is 2.39 bits per heavy atom. The number of carbonyl (C=O) groups excluding carboxylic acids is 1. The average molecular weight is 268 g/mol. The minimum atomic E-state index is -0.201. The lowest BCUT2D eigenvalue weighted by atomic mass is 10.3. The molecule has 18 heavy (non-hydrogen) atoms. The van der Waals surface area contributed by atoms with Crippen LogP contribution in [0.2, 0.25) is 5.02 Å². The zero-order chi connectivity index (χ0) is 13.1. The summed E-state index contributed by atoms with van der Waals surface area (Å²) in [6, 6.07) is 1.82. The molecule has 0 radical (unpaired) electrons. The summed E-state index contributed by atoms with van der Waals surface area (Å²) in [5, 5.41) is 4.52. The molecule has 2 aromatic rings. The Morgan fingerprint density at radius 3 is 2.94 bits per heavy atom. The Labute approximate surface area is 110 Å². The molecule has 0 N–H and O–H groups in total. The molecule has 0 aliphatic rings. The van der Waals surface area contributed by atoms with Gasteiger partial charge in [0.05, 0.1) is 17.5 Å². The van der Waals surface area contributed by atoms with Gasteiger partial charge in [-0.1, -0.05) is 11.6 Å². The van der Waals surface area contributed by atoms with Crippen LogP contribution in [0.1, 0.15) is 23.0 Å². The van der Waals surface area contributed by atoms with Crippen LogP contribution >= 0.6 is 11.6 Å². The minimum Gasteiger partial charge on any atom is -0.472 e. The van der Waals surface area contributed by atoms with Gasteiger partial charge in [0.15, 0.2) is 5.69 Å². The maximum Gasteiger partial charge on any atom is 0.275 e. The Kier molecular flexibility index (Phi) is 3.72. The number of aromatic nitrogens is 2. The van der Waals surface area contributed by atoms with Crippen LogP contribution in [0.4, 0.5) is 0 Å². The molecule has 2 heterocycles. The number of nitrogens with zero attached hydrogens (tertiary/aromatic N) is 3. The van der Waals surface area contributed by atoms with Crippen molar-refractivity contribution in [1.82, 2.24) is 14.7 Å². The number of hydrogen-bond acceptors (Lipinski definition) is 3. The van der Waals surface area contributed by atoms with Crippen molar-refractivity contribution in [3.63, 3.8) is 0 Å². The van der Waals surface area contributed by atoms with E-state index in [1.54, 1.807) is 35.4 Å². The van der Waals surface area contributed by atoms with E-state index < -0.39 is 0 Å². The standard InChI is InChI=1S/C12H14ClN3O2/c1-3-16-7-10(13)11(14-16)12(17)15(2)6-9-4-5-18-8-9/h4-5,7-8H,3,6H2,1-2H3. The van der Waals surface area contributed by atoms with Gasteiger partial charge in [-0.15, -0.1) is 0 Å². The summed E-state index contributed by atoms with van der Waals surface area (Å²) in [5.74, 6) is -0.201. The predicted octanol–water partition coefficient (Wildman–Crippen LogP) is 2.42. The van der Waals surface area contributed by atoms with Crippen LogP contribution in [0, 0.1) is 0 Å². The fourth-order valence-corrected chi connectivity index (χ4v) is 1.84. The van der Waals surface area contributed by atoms with Crippen molar-refractivity contribution >= 4 is 17.5 Å². The van der Waals surface area contributed by atoms with E-state index in [1.165, 1.54) is 0 Å². The normalized spacial score (nSPS) is 10.6. The summed E-state index contributed by atoms with van der Waals surface area (Å²) >= 11 is 6.00. The molecule has 2 aromatic heterocycles. The fraction of sp³-hybridized carbons (Fsp3) is 0.333. The van der Waals surface area contributed by atoms with E-state index in [0.717, 1.165) is 5.56 Å². The zero-order valence-electron chi connectivity index (χ0n) is 10.3. The lowest BCUT2D eigenvalue weighted by Gasteiger charge is -2.14. The van der Waals surface area contributed by atoms with Crippen LogP contribution < -0.4 is 0 Å². The molecule has 0 aromatic carbocycles. The van der Waals surface area contributed by atoms with E-state index in [9.17, 15) is 4.79 Å². The Morgan fingerprint density at radius 1 is 1.61 bits per heavy atom. The van der Waals surface area contributed by atoms with E-state index in [2.05, 4.69) is 5.10 Å². The second kappa shape index (κ2) is 5.27. The molecule has 6 heteroatoms. The number of furan rings is 1. The van der Waals surface area contributed by atoms with Crippen LogP contribution in [-0.2, 0) is 13.1 Å². The first-order chi connectivity index (χ1) is 8.61. The molecule has 0 atom stereocenters. The van der Waals surface area contributed by atoms with Crippen LogP contribution in [0.25, 0.3) is 0 Å². The van der Waals surface area contributed by atoms with Gasteiger partial charge >= 0.3 is 0 Å². The van der Waals surface area contributed by atoms with E-state index in [1.807, 2.05) is 13.0 Å². The van der Waals surface area contributed by atoms with E-state index in [4.69, 9.17) is 16.0 Å². The van der Waals surface area contributed by atoms with Crippen molar-refractivity contribution in [3.05, 3.63) is 41.1 Å². The summed E-state index contributed by atoms with van der Waals surface area (Å²) < 4.78 is 6.60.